The van der Waals surface area contributed by atoms with Gasteiger partial charge in [0, 0.05) is 33.5 Å². The van der Waals surface area contributed by atoms with E-state index in [2.05, 4.69) is 81.4 Å². The van der Waals surface area contributed by atoms with Crippen LogP contribution in [0.3, 0.4) is 0 Å². The number of halogens is 1. The van der Waals surface area contributed by atoms with Gasteiger partial charge in [0.05, 0.1) is 11.2 Å². The van der Waals surface area contributed by atoms with Gasteiger partial charge in [-0.1, -0.05) is 65.3 Å². The monoisotopic (exact) mass is 508 g/mol. The number of nitrogens with zero attached hydrogens (tertiary/aromatic N) is 2. The summed E-state index contributed by atoms with van der Waals surface area (Å²) in [7, 11) is 0. The summed E-state index contributed by atoms with van der Waals surface area (Å²) in [4.78, 5) is 4.36. The summed E-state index contributed by atoms with van der Waals surface area (Å²) in [6.07, 6.45) is 3.20. The molecule has 0 aliphatic heterocycles. The highest BCUT2D eigenvalue weighted by atomic mass is 35.5. The minimum Gasteiger partial charge on any atom is -0.487 e. The number of rotatable bonds is 8. The van der Waals surface area contributed by atoms with Gasteiger partial charge in [-0.2, -0.15) is 0 Å². The van der Waals surface area contributed by atoms with Crippen LogP contribution in [0.5, 0.6) is 5.75 Å². The Morgan fingerprint density at radius 1 is 0.971 bits per heavy atom. The fourth-order valence-electron chi connectivity index (χ4n) is 4.45. The molecule has 0 bridgehead atoms. The molecule has 0 radical (unpaired) electrons. The maximum atomic E-state index is 6.18. The number of aromatic nitrogens is 2. The van der Waals surface area contributed by atoms with Gasteiger partial charge in [0.15, 0.2) is 0 Å². The van der Waals surface area contributed by atoms with Crippen LogP contribution in [-0.2, 0) is 26.0 Å². The second-order valence-electron chi connectivity index (χ2n) is 11.9. The Balaban J connectivity index is 1.81. The van der Waals surface area contributed by atoms with Gasteiger partial charge in [0.2, 0.25) is 0 Å². The van der Waals surface area contributed by atoms with E-state index >= 15 is 0 Å². The predicted molar refractivity (Wildman–Crippen MR) is 150 cm³/mol. The van der Waals surface area contributed by atoms with Crippen LogP contribution >= 0.6 is 22.9 Å². The highest BCUT2D eigenvalue weighted by Gasteiger charge is 2.24. The lowest BCUT2D eigenvalue weighted by atomic mass is 9.85. The van der Waals surface area contributed by atoms with Gasteiger partial charge in [-0.3, -0.25) is 0 Å². The standard InChI is InChI=1S/C30H37ClN2OS/c1-29(2,3)14-13-25-26-15-24(34-18-23-19-35-20-32-23)11-12-27(26)33(28(25)16-30(4,5)6)17-21-7-9-22(31)10-8-21/h7-12,15,19-20H,13-14,16-18H2,1-6H3. The molecule has 5 heteroatoms. The average molecular weight is 509 g/mol. The fraction of sp³-hybridized carbons (Fsp3) is 0.433. The summed E-state index contributed by atoms with van der Waals surface area (Å²) in [5.41, 5.74) is 8.67. The lowest BCUT2D eigenvalue weighted by molar-refractivity contribution is 0.302. The van der Waals surface area contributed by atoms with Crippen molar-refractivity contribution < 1.29 is 4.74 Å². The lowest BCUT2D eigenvalue weighted by Crippen LogP contribution is -2.16. The SMILES string of the molecule is CC(C)(C)CCc1c(CC(C)(C)C)n(Cc2ccc(Cl)cc2)c2ccc(OCc3cscn3)cc12. The van der Waals surface area contributed by atoms with Crippen LogP contribution in [0, 0.1) is 10.8 Å². The number of aryl methyl sites for hydroxylation is 1. The van der Waals surface area contributed by atoms with Crippen molar-refractivity contribution in [2.75, 3.05) is 0 Å². The lowest BCUT2D eigenvalue weighted by Gasteiger charge is -2.23. The smallest absolute Gasteiger partial charge is 0.131 e. The van der Waals surface area contributed by atoms with E-state index in [1.54, 1.807) is 11.3 Å². The molecule has 4 aromatic rings. The first kappa shape index (κ1) is 25.8. The van der Waals surface area contributed by atoms with Crippen LogP contribution in [0.15, 0.2) is 53.4 Å². The molecule has 0 spiro atoms. The predicted octanol–water partition coefficient (Wildman–Crippen LogP) is 8.95. The fourth-order valence-corrected chi connectivity index (χ4v) is 5.12. The third-order valence-electron chi connectivity index (χ3n) is 6.21. The summed E-state index contributed by atoms with van der Waals surface area (Å²) in [5.74, 6) is 0.897. The van der Waals surface area contributed by atoms with Gasteiger partial charge in [0.25, 0.3) is 0 Å². The maximum Gasteiger partial charge on any atom is 0.131 e. The van der Waals surface area contributed by atoms with Gasteiger partial charge in [-0.25, -0.2) is 4.98 Å². The summed E-state index contributed by atoms with van der Waals surface area (Å²) >= 11 is 7.77. The van der Waals surface area contributed by atoms with Gasteiger partial charge in [0.1, 0.15) is 12.4 Å². The summed E-state index contributed by atoms with van der Waals surface area (Å²) in [6.45, 7) is 15.3. The molecule has 186 valence electrons. The van der Waals surface area contributed by atoms with Gasteiger partial charge < -0.3 is 9.30 Å². The quantitative estimate of drug-likeness (QED) is 0.237. The van der Waals surface area contributed by atoms with Crippen LogP contribution in [0.1, 0.15) is 70.5 Å². The molecule has 2 aromatic heterocycles. The highest BCUT2D eigenvalue weighted by Crippen LogP contribution is 2.36. The number of hydrogen-bond acceptors (Lipinski definition) is 3. The van der Waals surface area contributed by atoms with Crippen molar-refractivity contribution in [3.8, 4) is 5.75 Å². The Labute approximate surface area is 219 Å². The first-order chi connectivity index (χ1) is 16.5. The first-order valence-electron chi connectivity index (χ1n) is 12.4. The van der Waals surface area contributed by atoms with E-state index in [1.807, 2.05) is 23.0 Å². The Morgan fingerprint density at radius 2 is 1.71 bits per heavy atom. The highest BCUT2D eigenvalue weighted by molar-refractivity contribution is 7.07. The second kappa shape index (κ2) is 10.4. The molecule has 0 amide bonds. The second-order valence-corrected chi connectivity index (χ2v) is 13.0. The minimum atomic E-state index is 0.173. The Hall–Kier alpha value is -2.30. The molecule has 0 atom stereocenters. The first-order valence-corrected chi connectivity index (χ1v) is 13.7. The Kier molecular flexibility index (Phi) is 7.63. The molecular weight excluding hydrogens is 472 g/mol. The zero-order valence-electron chi connectivity index (χ0n) is 21.8. The van der Waals surface area contributed by atoms with Crippen LogP contribution in [-0.4, -0.2) is 9.55 Å². The maximum absolute atomic E-state index is 6.18. The normalized spacial score (nSPS) is 12.4. The number of benzene rings is 2. The zero-order chi connectivity index (χ0) is 25.2. The Morgan fingerprint density at radius 3 is 2.34 bits per heavy atom. The van der Waals surface area contributed by atoms with Crippen molar-refractivity contribution in [3.63, 3.8) is 0 Å². The van der Waals surface area contributed by atoms with Crippen molar-refractivity contribution in [1.29, 1.82) is 0 Å². The molecule has 0 aliphatic rings. The summed E-state index contributed by atoms with van der Waals surface area (Å²) in [5, 5.41) is 4.11. The molecule has 0 unspecified atom stereocenters. The van der Waals surface area contributed by atoms with E-state index in [0.717, 1.165) is 42.3 Å². The van der Waals surface area contributed by atoms with Crippen LogP contribution < -0.4 is 4.74 Å². The van der Waals surface area contributed by atoms with Crippen molar-refractivity contribution in [1.82, 2.24) is 9.55 Å². The summed E-state index contributed by atoms with van der Waals surface area (Å²) in [6, 6.07) is 14.8. The number of thiazole rings is 1. The van der Waals surface area contributed by atoms with E-state index in [1.165, 1.54) is 27.7 Å². The number of hydrogen-bond donors (Lipinski definition) is 0. The molecule has 0 aliphatic carbocycles. The van der Waals surface area contributed by atoms with Gasteiger partial charge in [-0.15, -0.1) is 11.3 Å². The van der Waals surface area contributed by atoms with Gasteiger partial charge in [-0.05, 0) is 71.6 Å². The van der Waals surface area contributed by atoms with Crippen molar-refractivity contribution in [2.45, 2.75) is 74.0 Å². The molecule has 0 fully saturated rings. The Bertz CT molecular complexity index is 1260. The van der Waals surface area contributed by atoms with E-state index in [4.69, 9.17) is 16.3 Å². The molecular formula is C30H37ClN2OS. The zero-order valence-corrected chi connectivity index (χ0v) is 23.4. The topological polar surface area (TPSA) is 27.1 Å². The van der Waals surface area contributed by atoms with E-state index in [0.29, 0.717) is 6.61 Å². The minimum absolute atomic E-state index is 0.173. The van der Waals surface area contributed by atoms with E-state index < -0.39 is 0 Å². The molecule has 4 rings (SSSR count). The van der Waals surface area contributed by atoms with E-state index in [-0.39, 0.29) is 10.8 Å². The molecule has 0 N–H and O–H groups in total. The van der Waals surface area contributed by atoms with Crippen molar-refractivity contribution in [3.05, 3.63) is 80.9 Å². The third-order valence-corrected chi connectivity index (χ3v) is 7.09. The van der Waals surface area contributed by atoms with Crippen molar-refractivity contribution in [2.24, 2.45) is 10.8 Å². The van der Waals surface area contributed by atoms with Crippen LogP contribution in [0.25, 0.3) is 10.9 Å². The molecule has 3 nitrogen and oxygen atoms in total. The molecule has 0 saturated carbocycles. The molecule has 0 saturated heterocycles. The average Bonchev–Trinajstić information content (AvgIpc) is 3.38. The van der Waals surface area contributed by atoms with Gasteiger partial charge >= 0.3 is 0 Å². The van der Waals surface area contributed by atoms with Crippen molar-refractivity contribution >= 4 is 33.8 Å². The number of ether oxygens (including phenoxy) is 1. The van der Waals surface area contributed by atoms with Crippen LogP contribution in [0.2, 0.25) is 5.02 Å². The third kappa shape index (κ3) is 6.89. The van der Waals surface area contributed by atoms with Crippen LogP contribution in [0.4, 0.5) is 0 Å². The molecule has 2 aromatic carbocycles. The summed E-state index contributed by atoms with van der Waals surface area (Å²) < 4.78 is 8.68. The number of fused-ring (bicyclic) bond motifs is 1. The largest absolute Gasteiger partial charge is 0.487 e. The molecule has 2 heterocycles. The van der Waals surface area contributed by atoms with E-state index in [9.17, 15) is 0 Å². The molecule has 35 heavy (non-hydrogen) atoms.